The van der Waals surface area contributed by atoms with E-state index < -0.39 is 11.4 Å². The molecule has 1 saturated heterocycles. The molecule has 1 heterocycles. The summed E-state index contributed by atoms with van der Waals surface area (Å²) in [6.45, 7) is 1.13. The topological polar surface area (TPSA) is 65.0 Å². The number of hydrogen-bond acceptors (Lipinski definition) is 4. The van der Waals surface area contributed by atoms with E-state index in [1.165, 1.54) is 0 Å². The van der Waals surface area contributed by atoms with Crippen LogP contribution in [0.4, 0.5) is 0 Å². The molecular formula is C16H20O5. The van der Waals surface area contributed by atoms with Gasteiger partial charge in [0.05, 0.1) is 25.7 Å². The van der Waals surface area contributed by atoms with Gasteiger partial charge in [-0.25, -0.2) is 0 Å². The molecule has 1 aliphatic carbocycles. The van der Waals surface area contributed by atoms with Gasteiger partial charge < -0.3 is 19.3 Å². The second-order valence-electron chi connectivity index (χ2n) is 5.74. The fraction of sp³-hybridized carbons (Fsp3) is 0.562. The first-order valence-electron chi connectivity index (χ1n) is 7.32. The van der Waals surface area contributed by atoms with Crippen LogP contribution in [-0.4, -0.2) is 37.5 Å². The molecule has 0 radical (unpaired) electrons. The minimum absolute atomic E-state index is 0.0264. The van der Waals surface area contributed by atoms with Crippen molar-refractivity contribution in [2.24, 2.45) is 0 Å². The minimum Gasteiger partial charge on any atom is -0.493 e. The maximum absolute atomic E-state index is 11.8. The van der Waals surface area contributed by atoms with Crippen molar-refractivity contribution in [3.63, 3.8) is 0 Å². The summed E-state index contributed by atoms with van der Waals surface area (Å²) in [6.07, 6.45) is 3.29. The summed E-state index contributed by atoms with van der Waals surface area (Å²) in [4.78, 5) is 11.8. The van der Waals surface area contributed by atoms with Gasteiger partial charge in [-0.05, 0) is 30.5 Å². The summed E-state index contributed by atoms with van der Waals surface area (Å²) < 4.78 is 16.3. The van der Waals surface area contributed by atoms with Gasteiger partial charge in [-0.2, -0.15) is 0 Å². The number of ether oxygens (including phenoxy) is 3. The highest BCUT2D eigenvalue weighted by atomic mass is 16.6. The van der Waals surface area contributed by atoms with E-state index >= 15 is 0 Å². The molecule has 1 N–H and O–H groups in total. The van der Waals surface area contributed by atoms with Crippen LogP contribution in [-0.2, 0) is 14.9 Å². The van der Waals surface area contributed by atoms with E-state index in [1.807, 2.05) is 12.1 Å². The van der Waals surface area contributed by atoms with Crippen LogP contribution in [0.3, 0.4) is 0 Å². The number of hydrogen-bond donors (Lipinski definition) is 1. The maximum Gasteiger partial charge on any atom is 0.314 e. The van der Waals surface area contributed by atoms with Crippen LogP contribution in [0.15, 0.2) is 18.2 Å². The molecule has 21 heavy (non-hydrogen) atoms. The fourth-order valence-electron chi connectivity index (χ4n) is 3.13. The molecule has 1 aliphatic heterocycles. The van der Waals surface area contributed by atoms with Crippen LogP contribution in [0.5, 0.6) is 11.5 Å². The van der Waals surface area contributed by atoms with E-state index in [0.29, 0.717) is 37.6 Å². The molecule has 114 valence electrons. The quantitative estimate of drug-likeness (QED) is 0.902. The number of carbonyl (C=O) groups is 1. The van der Waals surface area contributed by atoms with Crippen LogP contribution in [0.25, 0.3) is 0 Å². The highest BCUT2D eigenvalue weighted by Crippen LogP contribution is 2.44. The Kier molecular flexibility index (Phi) is 3.76. The largest absolute Gasteiger partial charge is 0.493 e. The minimum atomic E-state index is -0.777. The predicted octanol–water partition coefficient (Wildman–Crippen LogP) is 2.37. The monoisotopic (exact) mass is 292 g/mol. The fourth-order valence-corrected chi connectivity index (χ4v) is 3.13. The smallest absolute Gasteiger partial charge is 0.314 e. The summed E-state index contributed by atoms with van der Waals surface area (Å²) in [5.41, 5.74) is 0.0315. The average Bonchev–Trinajstić information content (AvgIpc) is 2.93. The highest BCUT2D eigenvalue weighted by Gasteiger charge is 2.43. The molecule has 2 aliphatic rings. The molecule has 5 nitrogen and oxygen atoms in total. The lowest BCUT2D eigenvalue weighted by Crippen LogP contribution is -2.38. The van der Waals surface area contributed by atoms with Gasteiger partial charge in [-0.3, -0.25) is 4.79 Å². The lowest BCUT2D eigenvalue weighted by atomic mass is 9.79. The Bertz CT molecular complexity index is 529. The number of rotatable bonds is 5. The van der Waals surface area contributed by atoms with Crippen LogP contribution in [0.1, 0.15) is 31.2 Å². The first-order valence-corrected chi connectivity index (χ1v) is 7.32. The van der Waals surface area contributed by atoms with Crippen LogP contribution in [0, 0.1) is 0 Å². The average molecular weight is 292 g/mol. The molecule has 1 saturated carbocycles. The van der Waals surface area contributed by atoms with E-state index in [-0.39, 0.29) is 6.10 Å². The standard InChI is InChI=1S/C16H20O5/c1-19-13-5-4-11(8-14(13)21-12-9-20-10-12)16(15(17)18)6-2-3-7-16/h4-5,8,12H,2-3,6-7,9-10H2,1H3,(H,17,18). The molecule has 0 atom stereocenters. The second kappa shape index (κ2) is 5.56. The Morgan fingerprint density at radius 1 is 1.29 bits per heavy atom. The van der Waals surface area contributed by atoms with Crippen molar-refractivity contribution < 1.29 is 24.1 Å². The van der Waals surface area contributed by atoms with Crippen molar-refractivity contribution in [1.82, 2.24) is 0 Å². The summed E-state index contributed by atoms with van der Waals surface area (Å²) in [7, 11) is 1.58. The lowest BCUT2D eigenvalue weighted by molar-refractivity contribution is -0.143. The molecule has 1 aromatic carbocycles. The molecule has 0 aromatic heterocycles. The van der Waals surface area contributed by atoms with Crippen LogP contribution >= 0.6 is 0 Å². The summed E-state index contributed by atoms with van der Waals surface area (Å²) in [6, 6.07) is 5.48. The molecule has 0 unspecified atom stereocenters. The molecule has 3 rings (SSSR count). The van der Waals surface area contributed by atoms with Gasteiger partial charge in [0.1, 0.15) is 6.10 Å². The van der Waals surface area contributed by atoms with Gasteiger partial charge in [-0.15, -0.1) is 0 Å². The second-order valence-corrected chi connectivity index (χ2v) is 5.74. The molecule has 0 amide bonds. The zero-order valence-electron chi connectivity index (χ0n) is 12.1. The van der Waals surface area contributed by atoms with Crippen molar-refractivity contribution in [3.05, 3.63) is 23.8 Å². The summed E-state index contributed by atoms with van der Waals surface area (Å²) in [5, 5.41) is 9.68. The van der Waals surface area contributed by atoms with Gasteiger partial charge in [0.2, 0.25) is 0 Å². The Balaban J connectivity index is 1.94. The summed E-state index contributed by atoms with van der Waals surface area (Å²) >= 11 is 0. The van der Waals surface area contributed by atoms with Crippen molar-refractivity contribution >= 4 is 5.97 Å². The third-order valence-corrected chi connectivity index (χ3v) is 4.48. The molecule has 1 aromatic rings. The van der Waals surface area contributed by atoms with Gasteiger partial charge in [0.15, 0.2) is 11.5 Å². The van der Waals surface area contributed by atoms with Crippen molar-refractivity contribution in [2.75, 3.05) is 20.3 Å². The third kappa shape index (κ3) is 2.46. The third-order valence-electron chi connectivity index (χ3n) is 4.48. The first-order chi connectivity index (χ1) is 10.2. The van der Waals surface area contributed by atoms with E-state index in [1.54, 1.807) is 13.2 Å². The molecule has 5 heteroatoms. The van der Waals surface area contributed by atoms with Crippen molar-refractivity contribution in [2.45, 2.75) is 37.2 Å². The Morgan fingerprint density at radius 2 is 2.00 bits per heavy atom. The molecular weight excluding hydrogens is 272 g/mol. The first kappa shape index (κ1) is 14.2. The van der Waals surface area contributed by atoms with Crippen LogP contribution < -0.4 is 9.47 Å². The highest BCUT2D eigenvalue weighted by molar-refractivity contribution is 5.82. The van der Waals surface area contributed by atoms with E-state index in [2.05, 4.69) is 0 Å². The Hall–Kier alpha value is -1.75. The molecule has 0 bridgehead atoms. The number of aliphatic carboxylic acids is 1. The van der Waals surface area contributed by atoms with Gasteiger partial charge in [-0.1, -0.05) is 18.9 Å². The Morgan fingerprint density at radius 3 is 2.52 bits per heavy atom. The van der Waals surface area contributed by atoms with E-state index in [9.17, 15) is 9.90 Å². The van der Waals surface area contributed by atoms with E-state index in [4.69, 9.17) is 14.2 Å². The van der Waals surface area contributed by atoms with Gasteiger partial charge in [0, 0.05) is 0 Å². The summed E-state index contributed by atoms with van der Waals surface area (Å²) in [5.74, 6) is 0.489. The zero-order valence-corrected chi connectivity index (χ0v) is 12.1. The Labute approximate surface area is 123 Å². The molecule has 0 spiro atoms. The zero-order chi connectivity index (χ0) is 14.9. The number of carboxylic acids is 1. The normalized spacial score (nSPS) is 20.8. The van der Waals surface area contributed by atoms with Crippen LogP contribution in [0.2, 0.25) is 0 Å². The van der Waals surface area contributed by atoms with Gasteiger partial charge in [0.25, 0.3) is 0 Å². The lowest BCUT2D eigenvalue weighted by Gasteiger charge is -2.29. The van der Waals surface area contributed by atoms with Crippen molar-refractivity contribution in [3.8, 4) is 11.5 Å². The number of carboxylic acid groups (broad SMARTS) is 1. The number of methoxy groups -OCH3 is 1. The SMILES string of the molecule is COc1ccc(C2(C(=O)O)CCCC2)cc1OC1COC1. The number of benzene rings is 1. The van der Waals surface area contributed by atoms with Gasteiger partial charge >= 0.3 is 5.97 Å². The van der Waals surface area contributed by atoms with E-state index in [0.717, 1.165) is 18.4 Å². The molecule has 2 fully saturated rings. The van der Waals surface area contributed by atoms with Crippen molar-refractivity contribution in [1.29, 1.82) is 0 Å². The maximum atomic E-state index is 11.8. The predicted molar refractivity (Wildman–Crippen MR) is 76.0 cm³/mol.